The van der Waals surface area contributed by atoms with Gasteiger partial charge in [-0.3, -0.25) is 0 Å². The first kappa shape index (κ1) is 11.4. The van der Waals surface area contributed by atoms with Gasteiger partial charge in [0.15, 0.2) is 10.8 Å². The number of anilines is 1. The Morgan fingerprint density at radius 3 is 2.94 bits per heavy atom. The molecule has 0 aliphatic heterocycles. The van der Waals surface area contributed by atoms with E-state index in [4.69, 9.17) is 5.73 Å². The van der Waals surface area contributed by atoms with Crippen molar-refractivity contribution < 1.29 is 0 Å². The summed E-state index contributed by atoms with van der Waals surface area (Å²) in [4.78, 5) is 23.6. The third-order valence-electron chi connectivity index (χ3n) is 2.07. The van der Waals surface area contributed by atoms with Crippen molar-refractivity contribution in [3.05, 3.63) is 23.3 Å². The second-order valence-corrected chi connectivity index (χ2v) is 5.05. The lowest BCUT2D eigenvalue weighted by Gasteiger charge is -2.01. The van der Waals surface area contributed by atoms with Gasteiger partial charge < -0.3 is 10.7 Å². The van der Waals surface area contributed by atoms with E-state index in [2.05, 4.69) is 45.8 Å². The standard InChI is InChI=1S/C9H6BrN7S/c10-4-1-5(11)17-9(16-4)18-8-6-7(13-2-12-6)14-3-15-8/h1-3H,(H2,11,16,17)(H,12,13,14,15). The highest BCUT2D eigenvalue weighted by Crippen LogP contribution is 2.28. The van der Waals surface area contributed by atoms with E-state index in [1.165, 1.54) is 18.1 Å². The van der Waals surface area contributed by atoms with Gasteiger partial charge in [0.1, 0.15) is 27.3 Å². The van der Waals surface area contributed by atoms with E-state index in [9.17, 15) is 0 Å². The van der Waals surface area contributed by atoms with Crippen LogP contribution in [0.3, 0.4) is 0 Å². The molecule has 0 spiro atoms. The summed E-state index contributed by atoms with van der Waals surface area (Å²) in [5.41, 5.74) is 7.02. The molecule has 3 aromatic heterocycles. The quantitative estimate of drug-likeness (QED) is 0.545. The molecule has 0 aromatic carbocycles. The van der Waals surface area contributed by atoms with Crippen LogP contribution in [0.25, 0.3) is 11.2 Å². The van der Waals surface area contributed by atoms with Gasteiger partial charge in [0.25, 0.3) is 0 Å². The minimum Gasteiger partial charge on any atom is -0.384 e. The Labute approximate surface area is 114 Å². The maximum Gasteiger partial charge on any atom is 0.197 e. The maximum absolute atomic E-state index is 5.66. The molecule has 0 atom stereocenters. The molecule has 0 amide bonds. The molecule has 3 rings (SSSR count). The smallest absolute Gasteiger partial charge is 0.197 e. The van der Waals surface area contributed by atoms with Gasteiger partial charge in [-0.25, -0.2) is 24.9 Å². The van der Waals surface area contributed by atoms with Crippen molar-refractivity contribution in [1.82, 2.24) is 29.9 Å². The summed E-state index contributed by atoms with van der Waals surface area (Å²) >= 11 is 4.57. The second kappa shape index (κ2) is 4.50. The molecule has 0 aliphatic rings. The number of aromatic amines is 1. The van der Waals surface area contributed by atoms with Crippen LogP contribution in [0.4, 0.5) is 5.82 Å². The SMILES string of the molecule is Nc1cc(Br)nc(Sc2ncnc3nc[nH]c23)n1. The number of hydrogen-bond acceptors (Lipinski definition) is 7. The molecule has 0 aliphatic carbocycles. The van der Waals surface area contributed by atoms with Crippen LogP contribution in [0.1, 0.15) is 0 Å². The fourth-order valence-corrected chi connectivity index (χ4v) is 2.71. The van der Waals surface area contributed by atoms with Gasteiger partial charge in [0.2, 0.25) is 0 Å². The number of nitrogen functional groups attached to an aromatic ring is 1. The number of nitrogens with one attached hydrogen (secondary N) is 1. The molecule has 0 saturated carbocycles. The van der Waals surface area contributed by atoms with Gasteiger partial charge in [0.05, 0.1) is 6.33 Å². The molecule has 0 radical (unpaired) electrons. The van der Waals surface area contributed by atoms with Crippen LogP contribution in [0.2, 0.25) is 0 Å². The normalized spacial score (nSPS) is 10.9. The molecular weight excluding hydrogens is 318 g/mol. The van der Waals surface area contributed by atoms with Gasteiger partial charge in [0, 0.05) is 6.07 Å². The van der Waals surface area contributed by atoms with Crippen molar-refractivity contribution in [3.63, 3.8) is 0 Å². The number of rotatable bonds is 2. The average molecular weight is 324 g/mol. The summed E-state index contributed by atoms with van der Waals surface area (Å²) in [6.07, 6.45) is 3.02. The third kappa shape index (κ3) is 2.14. The monoisotopic (exact) mass is 323 g/mol. The molecule has 18 heavy (non-hydrogen) atoms. The van der Waals surface area contributed by atoms with Crippen LogP contribution in [-0.2, 0) is 0 Å². The highest BCUT2D eigenvalue weighted by molar-refractivity contribution is 9.10. The summed E-state index contributed by atoms with van der Waals surface area (Å²) in [6, 6.07) is 1.63. The highest BCUT2D eigenvalue weighted by atomic mass is 79.9. The van der Waals surface area contributed by atoms with Gasteiger partial charge in [-0.1, -0.05) is 0 Å². The zero-order valence-corrected chi connectivity index (χ0v) is 11.2. The van der Waals surface area contributed by atoms with E-state index in [1.807, 2.05) is 0 Å². The number of halogens is 1. The van der Waals surface area contributed by atoms with Crippen LogP contribution in [0.5, 0.6) is 0 Å². The molecule has 0 fully saturated rings. The molecule has 3 heterocycles. The lowest BCUT2D eigenvalue weighted by molar-refractivity contribution is 0.951. The number of imidazole rings is 1. The van der Waals surface area contributed by atoms with Crippen LogP contribution in [0, 0.1) is 0 Å². The highest BCUT2D eigenvalue weighted by Gasteiger charge is 2.10. The van der Waals surface area contributed by atoms with Gasteiger partial charge >= 0.3 is 0 Å². The van der Waals surface area contributed by atoms with Gasteiger partial charge in [-0.2, -0.15) is 0 Å². The van der Waals surface area contributed by atoms with E-state index in [-0.39, 0.29) is 0 Å². The third-order valence-corrected chi connectivity index (χ3v) is 3.34. The second-order valence-electron chi connectivity index (χ2n) is 3.28. The zero-order chi connectivity index (χ0) is 12.5. The number of H-pyrrole nitrogens is 1. The number of aromatic nitrogens is 6. The van der Waals surface area contributed by atoms with E-state index in [1.54, 1.807) is 12.4 Å². The molecule has 7 nitrogen and oxygen atoms in total. The number of hydrogen-bond donors (Lipinski definition) is 2. The Kier molecular flexibility index (Phi) is 2.84. The lowest BCUT2D eigenvalue weighted by Crippen LogP contribution is -1.95. The predicted octanol–water partition coefficient (Wildman–Crippen LogP) is 1.64. The summed E-state index contributed by atoms with van der Waals surface area (Å²) < 4.78 is 0.632. The van der Waals surface area contributed by atoms with Crippen LogP contribution in [-0.4, -0.2) is 29.9 Å². The summed E-state index contributed by atoms with van der Waals surface area (Å²) in [6.45, 7) is 0. The largest absolute Gasteiger partial charge is 0.384 e. The Morgan fingerprint density at radius 2 is 2.11 bits per heavy atom. The first-order valence-electron chi connectivity index (χ1n) is 4.84. The van der Waals surface area contributed by atoms with Gasteiger partial charge in [-0.15, -0.1) is 0 Å². The molecule has 90 valence electrons. The Balaban J connectivity index is 2.03. The average Bonchev–Trinajstić information content (AvgIpc) is 2.76. The maximum atomic E-state index is 5.66. The van der Waals surface area contributed by atoms with Crippen molar-refractivity contribution in [2.75, 3.05) is 5.73 Å². The van der Waals surface area contributed by atoms with Crippen LogP contribution < -0.4 is 5.73 Å². The number of nitrogens with zero attached hydrogens (tertiary/aromatic N) is 5. The Hall–Kier alpha value is -1.74. The molecule has 3 N–H and O–H groups in total. The molecule has 0 unspecified atom stereocenters. The van der Waals surface area contributed by atoms with E-state index >= 15 is 0 Å². The van der Waals surface area contributed by atoms with Crippen molar-refractivity contribution in [3.8, 4) is 0 Å². The molecule has 9 heteroatoms. The Morgan fingerprint density at radius 1 is 1.22 bits per heavy atom. The van der Waals surface area contributed by atoms with Crippen LogP contribution in [0.15, 0.2) is 33.5 Å². The van der Waals surface area contributed by atoms with E-state index in [0.29, 0.717) is 26.3 Å². The minimum absolute atomic E-state index is 0.397. The van der Waals surface area contributed by atoms with Crippen molar-refractivity contribution >= 4 is 44.7 Å². The van der Waals surface area contributed by atoms with E-state index < -0.39 is 0 Å². The van der Waals surface area contributed by atoms with Crippen molar-refractivity contribution in [2.24, 2.45) is 0 Å². The number of nitrogens with two attached hydrogens (primary N) is 1. The summed E-state index contributed by atoms with van der Waals surface area (Å²) in [5, 5.41) is 1.21. The topological polar surface area (TPSA) is 106 Å². The number of fused-ring (bicyclic) bond motifs is 1. The fraction of sp³-hybridized carbons (Fsp3) is 0. The minimum atomic E-state index is 0.397. The zero-order valence-electron chi connectivity index (χ0n) is 8.83. The summed E-state index contributed by atoms with van der Waals surface area (Å²) in [5.74, 6) is 0.397. The predicted molar refractivity (Wildman–Crippen MR) is 70.0 cm³/mol. The van der Waals surface area contributed by atoms with E-state index in [0.717, 1.165) is 5.52 Å². The fourth-order valence-electron chi connectivity index (χ4n) is 1.37. The van der Waals surface area contributed by atoms with Gasteiger partial charge in [-0.05, 0) is 27.7 Å². The lowest BCUT2D eigenvalue weighted by atomic mass is 10.6. The first-order chi connectivity index (χ1) is 8.72. The molecule has 3 aromatic rings. The Bertz CT molecular complexity index is 693. The first-order valence-corrected chi connectivity index (χ1v) is 6.45. The molecule has 0 bridgehead atoms. The van der Waals surface area contributed by atoms with Crippen molar-refractivity contribution in [1.29, 1.82) is 0 Å². The summed E-state index contributed by atoms with van der Waals surface area (Å²) in [7, 11) is 0. The van der Waals surface area contributed by atoms with Crippen molar-refractivity contribution in [2.45, 2.75) is 10.2 Å². The molecule has 0 saturated heterocycles. The molecular formula is C9H6BrN7S. The van der Waals surface area contributed by atoms with Crippen LogP contribution >= 0.6 is 27.7 Å².